The van der Waals surface area contributed by atoms with Gasteiger partial charge in [0.15, 0.2) is 0 Å². The van der Waals surface area contributed by atoms with Crippen LogP contribution in [0.25, 0.3) is 0 Å². The standard InChI is InChI=1S/C11H16ClNO2/c1-14-9-4-5-11(15-2)10(8-9)13-7-3-6-12/h4-5,8,13H,3,6-7H2,1-2H3. The lowest BCUT2D eigenvalue weighted by Gasteiger charge is -2.11. The summed E-state index contributed by atoms with van der Waals surface area (Å²) in [6.45, 7) is 0.826. The van der Waals surface area contributed by atoms with E-state index in [9.17, 15) is 0 Å². The molecule has 0 aliphatic heterocycles. The Bertz CT molecular complexity index is 305. The van der Waals surface area contributed by atoms with Gasteiger partial charge in [-0.15, -0.1) is 11.6 Å². The van der Waals surface area contributed by atoms with Gasteiger partial charge < -0.3 is 14.8 Å². The fourth-order valence-corrected chi connectivity index (χ4v) is 1.38. The van der Waals surface area contributed by atoms with Gasteiger partial charge in [0.1, 0.15) is 11.5 Å². The fourth-order valence-electron chi connectivity index (χ4n) is 1.24. The molecule has 3 nitrogen and oxygen atoms in total. The molecular formula is C11H16ClNO2. The van der Waals surface area contributed by atoms with Crippen molar-refractivity contribution in [2.75, 3.05) is 32.0 Å². The number of methoxy groups -OCH3 is 2. The summed E-state index contributed by atoms with van der Waals surface area (Å²) in [5.41, 5.74) is 0.932. The minimum atomic E-state index is 0.652. The summed E-state index contributed by atoms with van der Waals surface area (Å²) in [6.07, 6.45) is 0.919. The van der Waals surface area contributed by atoms with Crippen molar-refractivity contribution < 1.29 is 9.47 Å². The van der Waals surface area contributed by atoms with Crippen molar-refractivity contribution in [1.29, 1.82) is 0 Å². The van der Waals surface area contributed by atoms with E-state index in [-0.39, 0.29) is 0 Å². The normalized spacial score (nSPS) is 9.80. The number of rotatable bonds is 6. The highest BCUT2D eigenvalue weighted by Crippen LogP contribution is 2.28. The van der Waals surface area contributed by atoms with Gasteiger partial charge in [0.2, 0.25) is 0 Å². The smallest absolute Gasteiger partial charge is 0.142 e. The number of halogens is 1. The molecule has 0 aromatic heterocycles. The van der Waals surface area contributed by atoms with E-state index in [1.807, 2.05) is 18.2 Å². The predicted octanol–water partition coefficient (Wildman–Crippen LogP) is 2.74. The third-order valence-corrected chi connectivity index (χ3v) is 2.30. The highest BCUT2D eigenvalue weighted by molar-refractivity contribution is 6.17. The zero-order chi connectivity index (χ0) is 11.1. The number of ether oxygens (including phenoxy) is 2. The van der Waals surface area contributed by atoms with Gasteiger partial charge in [-0.2, -0.15) is 0 Å². The largest absolute Gasteiger partial charge is 0.497 e. The van der Waals surface area contributed by atoms with E-state index in [1.54, 1.807) is 14.2 Å². The van der Waals surface area contributed by atoms with Gasteiger partial charge in [-0.25, -0.2) is 0 Å². The van der Waals surface area contributed by atoms with E-state index in [0.717, 1.165) is 30.2 Å². The van der Waals surface area contributed by atoms with Gasteiger partial charge in [0.25, 0.3) is 0 Å². The van der Waals surface area contributed by atoms with Crippen molar-refractivity contribution in [3.05, 3.63) is 18.2 Å². The Labute approximate surface area is 95.3 Å². The molecule has 1 rings (SSSR count). The van der Waals surface area contributed by atoms with Crippen LogP contribution < -0.4 is 14.8 Å². The monoisotopic (exact) mass is 229 g/mol. The molecule has 0 aliphatic carbocycles. The van der Waals surface area contributed by atoms with Crippen LogP contribution >= 0.6 is 11.6 Å². The van der Waals surface area contributed by atoms with Crippen LogP contribution in [0.4, 0.5) is 5.69 Å². The topological polar surface area (TPSA) is 30.5 Å². The Balaban J connectivity index is 2.72. The Morgan fingerprint density at radius 2 is 2.07 bits per heavy atom. The minimum absolute atomic E-state index is 0.652. The van der Waals surface area contributed by atoms with Crippen molar-refractivity contribution >= 4 is 17.3 Å². The molecule has 0 fully saturated rings. The molecule has 0 aliphatic rings. The maximum atomic E-state index is 5.60. The second kappa shape index (κ2) is 6.40. The molecule has 4 heteroatoms. The molecule has 0 amide bonds. The average Bonchev–Trinajstić information content (AvgIpc) is 2.29. The molecule has 0 unspecified atom stereocenters. The first-order valence-corrected chi connectivity index (χ1v) is 5.37. The molecule has 0 atom stereocenters. The zero-order valence-corrected chi connectivity index (χ0v) is 9.80. The third-order valence-electron chi connectivity index (χ3n) is 2.03. The van der Waals surface area contributed by atoms with Crippen LogP contribution in [-0.4, -0.2) is 26.6 Å². The summed E-state index contributed by atoms with van der Waals surface area (Å²) in [7, 11) is 3.29. The summed E-state index contributed by atoms with van der Waals surface area (Å²) in [6, 6.07) is 5.65. The highest BCUT2D eigenvalue weighted by atomic mass is 35.5. The summed E-state index contributed by atoms with van der Waals surface area (Å²) >= 11 is 5.60. The van der Waals surface area contributed by atoms with E-state index in [2.05, 4.69) is 5.32 Å². The molecular weight excluding hydrogens is 214 g/mol. The number of anilines is 1. The quantitative estimate of drug-likeness (QED) is 0.601. The van der Waals surface area contributed by atoms with E-state index < -0.39 is 0 Å². The molecule has 0 saturated carbocycles. The van der Waals surface area contributed by atoms with Crippen LogP contribution in [0.15, 0.2) is 18.2 Å². The molecule has 0 heterocycles. The Morgan fingerprint density at radius 1 is 1.27 bits per heavy atom. The Kier molecular flexibility index (Phi) is 5.12. The Hall–Kier alpha value is -1.09. The van der Waals surface area contributed by atoms with Crippen molar-refractivity contribution in [2.45, 2.75) is 6.42 Å². The fraction of sp³-hybridized carbons (Fsp3) is 0.455. The molecule has 0 saturated heterocycles. The Morgan fingerprint density at radius 3 is 2.67 bits per heavy atom. The molecule has 1 aromatic carbocycles. The molecule has 84 valence electrons. The summed E-state index contributed by atoms with van der Waals surface area (Å²) in [5, 5.41) is 3.25. The van der Waals surface area contributed by atoms with E-state index >= 15 is 0 Å². The van der Waals surface area contributed by atoms with Gasteiger partial charge in [-0.1, -0.05) is 0 Å². The third kappa shape index (κ3) is 3.51. The van der Waals surface area contributed by atoms with E-state index in [4.69, 9.17) is 21.1 Å². The number of alkyl halides is 1. The molecule has 0 radical (unpaired) electrons. The number of hydrogen-bond donors (Lipinski definition) is 1. The van der Waals surface area contributed by atoms with Gasteiger partial charge in [0, 0.05) is 18.5 Å². The van der Waals surface area contributed by atoms with Crippen molar-refractivity contribution in [1.82, 2.24) is 0 Å². The summed E-state index contributed by atoms with van der Waals surface area (Å²) < 4.78 is 10.4. The molecule has 15 heavy (non-hydrogen) atoms. The lowest BCUT2D eigenvalue weighted by Crippen LogP contribution is -2.03. The SMILES string of the molecule is COc1ccc(OC)c(NCCCCl)c1. The second-order valence-electron chi connectivity index (χ2n) is 3.04. The lowest BCUT2D eigenvalue weighted by molar-refractivity contribution is 0.404. The van der Waals surface area contributed by atoms with Crippen LogP contribution in [0.1, 0.15) is 6.42 Å². The number of hydrogen-bond acceptors (Lipinski definition) is 3. The number of nitrogens with one attached hydrogen (secondary N) is 1. The van der Waals surface area contributed by atoms with Crippen LogP contribution in [0, 0.1) is 0 Å². The van der Waals surface area contributed by atoms with Gasteiger partial charge >= 0.3 is 0 Å². The van der Waals surface area contributed by atoms with Crippen molar-refractivity contribution in [3.63, 3.8) is 0 Å². The summed E-state index contributed by atoms with van der Waals surface area (Å²) in [5.74, 6) is 2.27. The first-order valence-electron chi connectivity index (χ1n) is 4.83. The molecule has 1 N–H and O–H groups in total. The zero-order valence-electron chi connectivity index (χ0n) is 9.05. The van der Waals surface area contributed by atoms with E-state index in [0.29, 0.717) is 5.88 Å². The average molecular weight is 230 g/mol. The molecule has 1 aromatic rings. The minimum Gasteiger partial charge on any atom is -0.497 e. The highest BCUT2D eigenvalue weighted by Gasteiger charge is 2.03. The van der Waals surface area contributed by atoms with Gasteiger partial charge in [-0.3, -0.25) is 0 Å². The molecule has 0 spiro atoms. The van der Waals surface area contributed by atoms with Gasteiger partial charge in [-0.05, 0) is 18.6 Å². The molecule has 0 bridgehead atoms. The maximum Gasteiger partial charge on any atom is 0.142 e. The maximum absolute atomic E-state index is 5.60. The van der Waals surface area contributed by atoms with Crippen LogP contribution in [0.5, 0.6) is 11.5 Å². The first-order chi connectivity index (χ1) is 7.31. The van der Waals surface area contributed by atoms with Crippen molar-refractivity contribution in [3.8, 4) is 11.5 Å². The van der Waals surface area contributed by atoms with Crippen LogP contribution in [0.2, 0.25) is 0 Å². The number of benzene rings is 1. The van der Waals surface area contributed by atoms with Crippen LogP contribution in [-0.2, 0) is 0 Å². The van der Waals surface area contributed by atoms with Crippen LogP contribution in [0.3, 0.4) is 0 Å². The second-order valence-corrected chi connectivity index (χ2v) is 3.41. The first kappa shape index (κ1) is 12.0. The lowest BCUT2D eigenvalue weighted by atomic mass is 10.2. The predicted molar refractivity (Wildman–Crippen MR) is 63.4 cm³/mol. The van der Waals surface area contributed by atoms with E-state index in [1.165, 1.54) is 0 Å². The van der Waals surface area contributed by atoms with Gasteiger partial charge in [0.05, 0.1) is 19.9 Å². The summed E-state index contributed by atoms with van der Waals surface area (Å²) in [4.78, 5) is 0. The van der Waals surface area contributed by atoms with Crippen molar-refractivity contribution in [2.24, 2.45) is 0 Å².